The molecule has 0 atom stereocenters. The molecule has 0 aromatic heterocycles. The molecule has 192 valence electrons. The molecule has 0 aliphatic carbocycles. The summed E-state index contributed by atoms with van der Waals surface area (Å²) in [4.78, 5) is 28.3. The molecular formula is C30H28N4O3S. The van der Waals surface area contributed by atoms with Gasteiger partial charge in [0.25, 0.3) is 11.8 Å². The molecule has 2 aliphatic rings. The zero-order valence-corrected chi connectivity index (χ0v) is 22.3. The van der Waals surface area contributed by atoms with Gasteiger partial charge in [0.05, 0.1) is 16.3 Å². The molecule has 0 spiro atoms. The van der Waals surface area contributed by atoms with Crippen molar-refractivity contribution in [3.8, 4) is 5.75 Å². The highest BCUT2D eigenvalue weighted by molar-refractivity contribution is 8.19. The molecule has 2 aliphatic heterocycles. The summed E-state index contributed by atoms with van der Waals surface area (Å²) in [5.41, 5.74) is 6.31. The third kappa shape index (κ3) is 5.13. The summed E-state index contributed by atoms with van der Waals surface area (Å²) in [6, 6.07) is 18.4. The van der Waals surface area contributed by atoms with Gasteiger partial charge in [-0.25, -0.2) is 0 Å². The van der Waals surface area contributed by atoms with Crippen LogP contribution in [0.5, 0.6) is 5.75 Å². The van der Waals surface area contributed by atoms with Crippen LogP contribution in [-0.4, -0.2) is 27.8 Å². The number of aryl methyl sites for hydroxylation is 3. The zero-order valence-electron chi connectivity index (χ0n) is 21.5. The summed E-state index contributed by atoms with van der Waals surface area (Å²) >= 11 is 1.20. The van der Waals surface area contributed by atoms with Gasteiger partial charge in [-0.15, -0.1) is 10.2 Å². The van der Waals surface area contributed by atoms with E-state index in [1.165, 1.54) is 22.2 Å². The number of anilines is 2. The minimum absolute atomic E-state index is 0.154. The standard InChI is InChI=1S/C30H28N4O3S/c1-4-5-6-20-7-11-22(12-8-20)34-29(37)25(17-21-9-13-23(35)14-10-21)38-30(34)33-32-27-24-16-18(2)15-19(3)26(24)31-28(27)36/h7-17,35H,4-6H2,1-3H3,(H,31,32,36). The third-order valence-electron chi connectivity index (χ3n) is 6.43. The minimum Gasteiger partial charge on any atom is -0.508 e. The van der Waals surface area contributed by atoms with Crippen molar-refractivity contribution >= 4 is 51.9 Å². The summed E-state index contributed by atoms with van der Waals surface area (Å²) in [7, 11) is 0. The average Bonchev–Trinajstić information content (AvgIpc) is 3.38. The lowest BCUT2D eigenvalue weighted by atomic mass is 10.0. The molecule has 3 aromatic carbocycles. The number of hydrogen-bond donors (Lipinski definition) is 2. The van der Waals surface area contributed by atoms with Gasteiger partial charge in [0.2, 0.25) is 5.17 Å². The van der Waals surface area contributed by atoms with Crippen LogP contribution in [0.4, 0.5) is 11.4 Å². The van der Waals surface area contributed by atoms with E-state index in [1.54, 1.807) is 30.3 Å². The van der Waals surface area contributed by atoms with E-state index >= 15 is 0 Å². The Bertz CT molecular complexity index is 1510. The van der Waals surface area contributed by atoms with E-state index in [0.717, 1.165) is 41.6 Å². The van der Waals surface area contributed by atoms with Gasteiger partial charge < -0.3 is 10.4 Å². The van der Waals surface area contributed by atoms with Gasteiger partial charge in [-0.05, 0) is 91.5 Å². The summed E-state index contributed by atoms with van der Waals surface area (Å²) in [5.74, 6) is -0.397. The Hall–Kier alpha value is -4.17. The quantitative estimate of drug-likeness (QED) is 0.297. The second kappa shape index (κ2) is 10.7. The Morgan fingerprint density at radius 1 is 1.00 bits per heavy atom. The number of carbonyl (C=O) groups is 2. The van der Waals surface area contributed by atoms with Crippen molar-refractivity contribution in [2.45, 2.75) is 40.0 Å². The normalized spacial score (nSPS) is 18.1. The first-order valence-electron chi connectivity index (χ1n) is 12.5. The average molecular weight is 525 g/mol. The van der Waals surface area contributed by atoms with Gasteiger partial charge in [-0.3, -0.25) is 14.5 Å². The highest BCUT2D eigenvalue weighted by atomic mass is 32.2. The number of amidine groups is 1. The Kier molecular flexibility index (Phi) is 7.15. The van der Waals surface area contributed by atoms with Gasteiger partial charge in [-0.2, -0.15) is 0 Å². The van der Waals surface area contributed by atoms with Crippen LogP contribution in [0.2, 0.25) is 0 Å². The van der Waals surface area contributed by atoms with E-state index in [9.17, 15) is 14.7 Å². The molecule has 38 heavy (non-hydrogen) atoms. The number of phenols is 1. The second-order valence-corrected chi connectivity index (χ2v) is 10.4. The SMILES string of the molecule is CCCCc1ccc(N2C(=O)C(=Cc3ccc(O)cc3)SC2=NN=C2C(=O)Nc3c(C)cc(C)cc32)cc1. The van der Waals surface area contributed by atoms with E-state index in [4.69, 9.17) is 0 Å². The maximum absolute atomic E-state index is 13.6. The number of hydrogen-bond acceptors (Lipinski definition) is 6. The van der Waals surface area contributed by atoms with Gasteiger partial charge >= 0.3 is 0 Å². The van der Waals surface area contributed by atoms with Crippen LogP contribution in [0.3, 0.4) is 0 Å². The molecule has 7 nitrogen and oxygen atoms in total. The van der Waals surface area contributed by atoms with E-state index in [2.05, 4.69) is 22.4 Å². The number of nitrogens with zero attached hydrogens (tertiary/aromatic N) is 3. The van der Waals surface area contributed by atoms with Gasteiger partial charge in [0.15, 0.2) is 5.71 Å². The van der Waals surface area contributed by atoms with Crippen LogP contribution in [0.25, 0.3) is 6.08 Å². The number of carbonyl (C=O) groups excluding carboxylic acids is 2. The fourth-order valence-corrected chi connectivity index (χ4v) is 5.42. The van der Waals surface area contributed by atoms with E-state index in [1.807, 2.05) is 50.2 Å². The molecular weight excluding hydrogens is 496 g/mol. The number of benzene rings is 3. The van der Waals surface area contributed by atoms with E-state index in [-0.39, 0.29) is 23.3 Å². The predicted molar refractivity (Wildman–Crippen MR) is 155 cm³/mol. The van der Waals surface area contributed by atoms with Crippen LogP contribution < -0.4 is 10.2 Å². The molecule has 0 saturated carbocycles. The van der Waals surface area contributed by atoms with Crippen molar-refractivity contribution in [2.75, 3.05) is 10.2 Å². The Balaban J connectivity index is 1.54. The monoisotopic (exact) mass is 524 g/mol. The number of amides is 2. The number of fused-ring (bicyclic) bond motifs is 1. The molecule has 5 rings (SSSR count). The molecule has 0 radical (unpaired) electrons. The summed E-state index contributed by atoms with van der Waals surface area (Å²) < 4.78 is 0. The molecule has 2 N–H and O–H groups in total. The van der Waals surface area contributed by atoms with E-state index < -0.39 is 0 Å². The van der Waals surface area contributed by atoms with Gasteiger partial charge in [0, 0.05) is 5.56 Å². The molecule has 2 heterocycles. The first-order valence-corrected chi connectivity index (χ1v) is 13.4. The topological polar surface area (TPSA) is 94.4 Å². The van der Waals surface area contributed by atoms with Crippen LogP contribution in [0.1, 0.15) is 47.6 Å². The number of aromatic hydroxyl groups is 1. The molecule has 0 bridgehead atoms. The molecule has 1 saturated heterocycles. The maximum Gasteiger partial charge on any atom is 0.276 e. The minimum atomic E-state index is -0.320. The van der Waals surface area contributed by atoms with Gasteiger partial charge in [0.1, 0.15) is 5.75 Å². The fraction of sp³-hybridized carbons (Fsp3) is 0.200. The third-order valence-corrected chi connectivity index (χ3v) is 7.39. The summed E-state index contributed by atoms with van der Waals surface area (Å²) in [5, 5.41) is 21.6. The highest BCUT2D eigenvalue weighted by Crippen LogP contribution is 2.37. The lowest BCUT2D eigenvalue weighted by molar-refractivity contribution is -0.113. The van der Waals surface area contributed by atoms with Gasteiger partial charge in [-0.1, -0.05) is 49.2 Å². The predicted octanol–water partition coefficient (Wildman–Crippen LogP) is 6.18. The zero-order chi connectivity index (χ0) is 26.8. The van der Waals surface area contributed by atoms with E-state index in [0.29, 0.717) is 21.3 Å². The fourth-order valence-electron chi connectivity index (χ4n) is 4.49. The number of nitrogens with one attached hydrogen (secondary N) is 1. The first-order chi connectivity index (χ1) is 18.3. The molecule has 3 aromatic rings. The largest absolute Gasteiger partial charge is 0.508 e. The Labute approximate surface area is 226 Å². The van der Waals surface area contributed by atoms with Crippen molar-refractivity contribution in [3.05, 3.63) is 93.4 Å². The van der Waals surface area contributed by atoms with Crippen molar-refractivity contribution in [1.82, 2.24) is 0 Å². The summed E-state index contributed by atoms with van der Waals surface area (Å²) in [6.07, 6.45) is 4.95. The number of rotatable bonds is 6. The number of unbranched alkanes of at least 4 members (excludes halogenated alkanes) is 1. The van der Waals surface area contributed by atoms with Crippen molar-refractivity contribution < 1.29 is 14.7 Å². The number of phenolic OH excluding ortho intramolecular Hbond substituents is 1. The molecule has 1 fully saturated rings. The molecule has 0 unspecified atom stereocenters. The smallest absolute Gasteiger partial charge is 0.276 e. The Morgan fingerprint density at radius 3 is 2.45 bits per heavy atom. The van der Waals surface area contributed by atoms with Crippen molar-refractivity contribution in [3.63, 3.8) is 0 Å². The lowest BCUT2D eigenvalue weighted by Gasteiger charge is -2.15. The van der Waals surface area contributed by atoms with Crippen molar-refractivity contribution in [2.24, 2.45) is 10.2 Å². The van der Waals surface area contributed by atoms with Crippen LogP contribution in [0, 0.1) is 13.8 Å². The highest BCUT2D eigenvalue weighted by Gasteiger charge is 2.35. The number of thioether (sulfide) groups is 1. The van der Waals surface area contributed by atoms with Crippen LogP contribution in [-0.2, 0) is 16.0 Å². The maximum atomic E-state index is 13.6. The molecule has 2 amide bonds. The second-order valence-electron chi connectivity index (χ2n) is 9.40. The lowest BCUT2D eigenvalue weighted by Crippen LogP contribution is -2.28. The van der Waals surface area contributed by atoms with Crippen LogP contribution >= 0.6 is 11.8 Å². The first kappa shape index (κ1) is 25.5. The van der Waals surface area contributed by atoms with Crippen LogP contribution in [0.15, 0.2) is 75.8 Å². The molecule has 8 heteroatoms. The van der Waals surface area contributed by atoms with Crippen molar-refractivity contribution in [1.29, 1.82) is 0 Å². The Morgan fingerprint density at radius 2 is 1.74 bits per heavy atom. The summed E-state index contributed by atoms with van der Waals surface area (Å²) in [6.45, 7) is 6.07.